The van der Waals surface area contributed by atoms with Gasteiger partial charge >= 0.3 is 0 Å². The number of aromatic nitrogens is 5. The first-order chi connectivity index (χ1) is 12.7. The second-order valence-electron chi connectivity index (χ2n) is 6.73. The summed E-state index contributed by atoms with van der Waals surface area (Å²) in [6.45, 7) is 7.09. The molecule has 1 fully saturated rings. The Balaban J connectivity index is 1.51. The fourth-order valence-corrected chi connectivity index (χ4v) is 4.22. The zero-order valence-electron chi connectivity index (χ0n) is 15.1. The summed E-state index contributed by atoms with van der Waals surface area (Å²) in [5, 5.41) is 4.27. The predicted molar refractivity (Wildman–Crippen MR) is 103 cm³/mol. The molecule has 1 atom stereocenters. The Kier molecular flexibility index (Phi) is 4.94. The molecule has 1 aliphatic heterocycles. The van der Waals surface area contributed by atoms with E-state index in [4.69, 9.17) is 0 Å². The minimum absolute atomic E-state index is 0.366. The Bertz CT molecular complexity index is 839. The molecule has 1 aliphatic rings. The molecule has 26 heavy (non-hydrogen) atoms. The van der Waals surface area contributed by atoms with Crippen LogP contribution in [-0.2, 0) is 6.54 Å². The van der Waals surface area contributed by atoms with Gasteiger partial charge in [0.1, 0.15) is 0 Å². The number of anilines is 2. The van der Waals surface area contributed by atoms with Crippen molar-refractivity contribution in [2.45, 2.75) is 39.2 Å². The van der Waals surface area contributed by atoms with Gasteiger partial charge in [-0.2, -0.15) is 0 Å². The summed E-state index contributed by atoms with van der Waals surface area (Å²) in [6.07, 6.45) is 9.44. The normalized spacial score (nSPS) is 18.2. The van der Waals surface area contributed by atoms with Gasteiger partial charge in [-0.1, -0.05) is 0 Å². The van der Waals surface area contributed by atoms with Gasteiger partial charge in [-0.25, -0.2) is 15.0 Å². The molecule has 8 heteroatoms. The number of piperidine rings is 1. The summed E-state index contributed by atoms with van der Waals surface area (Å²) in [7, 11) is 0. The molecule has 1 unspecified atom stereocenters. The molecule has 0 spiro atoms. The van der Waals surface area contributed by atoms with Crippen LogP contribution >= 0.6 is 11.3 Å². The van der Waals surface area contributed by atoms with E-state index in [-0.39, 0.29) is 0 Å². The molecule has 0 saturated carbocycles. The van der Waals surface area contributed by atoms with E-state index in [2.05, 4.69) is 42.1 Å². The Labute approximate surface area is 156 Å². The summed E-state index contributed by atoms with van der Waals surface area (Å²) < 4.78 is 0. The van der Waals surface area contributed by atoms with E-state index in [9.17, 15) is 0 Å². The van der Waals surface area contributed by atoms with Crippen LogP contribution in [0, 0.1) is 13.8 Å². The second kappa shape index (κ2) is 7.51. The van der Waals surface area contributed by atoms with Gasteiger partial charge in [0.25, 0.3) is 0 Å². The van der Waals surface area contributed by atoms with E-state index in [0.29, 0.717) is 5.92 Å². The van der Waals surface area contributed by atoms with Gasteiger partial charge < -0.3 is 10.3 Å². The number of hydrogen-bond acceptors (Lipinski definition) is 7. The molecule has 1 saturated heterocycles. The molecule has 7 nitrogen and oxygen atoms in total. The number of imidazole rings is 1. The number of nitrogens with one attached hydrogen (secondary N) is 2. The van der Waals surface area contributed by atoms with Gasteiger partial charge in [-0.3, -0.25) is 9.88 Å². The molecule has 0 aromatic carbocycles. The highest BCUT2D eigenvalue weighted by Gasteiger charge is 2.25. The molecular weight excluding hydrogens is 346 g/mol. The number of aromatic amines is 1. The molecular formula is C18H23N7S. The quantitative estimate of drug-likeness (QED) is 0.717. The Morgan fingerprint density at radius 2 is 2.19 bits per heavy atom. The van der Waals surface area contributed by atoms with Gasteiger partial charge in [-0.05, 0) is 33.2 Å². The second-order valence-corrected chi connectivity index (χ2v) is 7.93. The molecule has 0 aliphatic carbocycles. The van der Waals surface area contributed by atoms with Gasteiger partial charge in [0.05, 0.1) is 17.7 Å². The number of aryl methyl sites for hydroxylation is 2. The minimum atomic E-state index is 0.366. The van der Waals surface area contributed by atoms with E-state index in [1.807, 2.05) is 13.1 Å². The monoisotopic (exact) mass is 369 g/mol. The maximum absolute atomic E-state index is 4.66. The molecule has 0 bridgehead atoms. The van der Waals surface area contributed by atoms with Crippen LogP contribution in [0.15, 0.2) is 24.9 Å². The Morgan fingerprint density at radius 3 is 2.96 bits per heavy atom. The summed E-state index contributed by atoms with van der Waals surface area (Å²) >= 11 is 1.66. The summed E-state index contributed by atoms with van der Waals surface area (Å²) in [4.78, 5) is 24.8. The van der Waals surface area contributed by atoms with E-state index in [0.717, 1.165) is 60.5 Å². The van der Waals surface area contributed by atoms with E-state index in [1.165, 1.54) is 4.88 Å². The average molecular weight is 369 g/mol. The zero-order chi connectivity index (χ0) is 17.9. The van der Waals surface area contributed by atoms with Gasteiger partial charge in [-0.15, -0.1) is 11.3 Å². The molecule has 4 heterocycles. The van der Waals surface area contributed by atoms with Crippen molar-refractivity contribution in [1.82, 2.24) is 29.8 Å². The van der Waals surface area contributed by atoms with Crippen molar-refractivity contribution in [3.8, 4) is 0 Å². The summed E-state index contributed by atoms with van der Waals surface area (Å²) in [6, 6.07) is 0. The van der Waals surface area contributed by atoms with Crippen LogP contribution in [0.5, 0.6) is 0 Å². The number of nitrogens with zero attached hydrogens (tertiary/aromatic N) is 5. The third-order valence-corrected chi connectivity index (χ3v) is 5.81. The lowest BCUT2D eigenvalue weighted by Gasteiger charge is -2.32. The fraction of sp³-hybridized carbons (Fsp3) is 0.444. The Hall–Kier alpha value is -2.32. The van der Waals surface area contributed by atoms with Crippen LogP contribution in [0.4, 0.5) is 10.9 Å². The highest BCUT2D eigenvalue weighted by atomic mass is 32.1. The highest BCUT2D eigenvalue weighted by molar-refractivity contribution is 7.15. The molecule has 4 rings (SSSR count). The van der Waals surface area contributed by atoms with E-state index >= 15 is 0 Å². The lowest BCUT2D eigenvalue weighted by molar-refractivity contribution is 0.197. The summed E-state index contributed by atoms with van der Waals surface area (Å²) in [5.74, 6) is 1.19. The zero-order valence-corrected chi connectivity index (χ0v) is 15.9. The molecule has 3 aromatic heterocycles. The largest absolute Gasteiger partial charge is 0.347 e. The maximum atomic E-state index is 4.66. The number of hydrogen-bond donors (Lipinski definition) is 2. The van der Waals surface area contributed by atoms with Crippen molar-refractivity contribution in [3.05, 3.63) is 46.9 Å². The lowest BCUT2D eigenvalue weighted by atomic mass is 9.94. The summed E-state index contributed by atoms with van der Waals surface area (Å²) in [5.41, 5.74) is 3.25. The number of thiazole rings is 1. The molecule has 3 aromatic rings. The van der Waals surface area contributed by atoms with Crippen LogP contribution in [0.1, 0.15) is 40.7 Å². The first-order valence-corrected chi connectivity index (χ1v) is 9.72. The molecule has 136 valence electrons. The van der Waals surface area contributed by atoms with Crippen molar-refractivity contribution in [2.75, 3.05) is 18.4 Å². The van der Waals surface area contributed by atoms with Crippen LogP contribution in [0.3, 0.4) is 0 Å². The lowest BCUT2D eigenvalue weighted by Crippen LogP contribution is -2.34. The fourth-order valence-electron chi connectivity index (χ4n) is 3.41. The highest BCUT2D eigenvalue weighted by Crippen LogP contribution is 2.32. The van der Waals surface area contributed by atoms with Gasteiger partial charge in [0, 0.05) is 48.2 Å². The van der Waals surface area contributed by atoms with Crippen LogP contribution < -0.4 is 5.32 Å². The van der Waals surface area contributed by atoms with E-state index < -0.39 is 0 Å². The number of rotatable bonds is 5. The number of likely N-dealkylation sites (tertiary alicyclic amines) is 1. The third kappa shape index (κ3) is 3.76. The average Bonchev–Trinajstić information content (AvgIpc) is 3.26. The van der Waals surface area contributed by atoms with Crippen LogP contribution in [0.2, 0.25) is 0 Å². The molecule has 0 radical (unpaired) electrons. The standard InChI is InChI=1S/C18H23N7S/c1-12-13(2)26-18(23-12)24-17-16(20-5-6-21-17)14-4-3-7-25(9-14)10-15-8-19-11-22-15/h5-6,8,11,14H,3-4,7,9-10H2,1-2H3,(H,19,22)(H,21,23,24). The van der Waals surface area contributed by atoms with Crippen LogP contribution in [-0.4, -0.2) is 42.9 Å². The molecule has 2 N–H and O–H groups in total. The first kappa shape index (κ1) is 17.1. The van der Waals surface area contributed by atoms with Gasteiger partial charge in [0.2, 0.25) is 0 Å². The third-order valence-electron chi connectivity index (χ3n) is 4.82. The van der Waals surface area contributed by atoms with E-state index in [1.54, 1.807) is 30.1 Å². The smallest absolute Gasteiger partial charge is 0.188 e. The van der Waals surface area contributed by atoms with Crippen LogP contribution in [0.25, 0.3) is 0 Å². The maximum Gasteiger partial charge on any atom is 0.188 e. The van der Waals surface area contributed by atoms with Crippen molar-refractivity contribution in [3.63, 3.8) is 0 Å². The van der Waals surface area contributed by atoms with Crippen molar-refractivity contribution >= 4 is 22.3 Å². The molecule has 0 amide bonds. The topological polar surface area (TPSA) is 82.6 Å². The number of H-pyrrole nitrogens is 1. The Morgan fingerprint density at radius 1 is 1.31 bits per heavy atom. The predicted octanol–water partition coefficient (Wildman–Crippen LogP) is 3.40. The minimum Gasteiger partial charge on any atom is -0.347 e. The SMILES string of the molecule is Cc1nc(Nc2nccnc2C2CCCN(Cc3cnc[nH]3)C2)sc1C. The van der Waals surface area contributed by atoms with Crippen molar-refractivity contribution in [1.29, 1.82) is 0 Å². The van der Waals surface area contributed by atoms with Gasteiger partial charge in [0.15, 0.2) is 10.9 Å². The first-order valence-electron chi connectivity index (χ1n) is 8.90. The van der Waals surface area contributed by atoms with Crippen molar-refractivity contribution in [2.24, 2.45) is 0 Å². The van der Waals surface area contributed by atoms with Crippen molar-refractivity contribution < 1.29 is 0 Å².